The van der Waals surface area contributed by atoms with Gasteiger partial charge in [0.2, 0.25) is 5.95 Å². The molecule has 3 rings (SSSR count). The van der Waals surface area contributed by atoms with Crippen LogP contribution in [0.4, 0.5) is 16.0 Å². The van der Waals surface area contributed by atoms with Crippen LogP contribution >= 0.6 is 0 Å². The zero-order valence-corrected chi connectivity index (χ0v) is 16.0. The molecule has 0 saturated carbocycles. The first-order valence-electron chi connectivity index (χ1n) is 9.27. The number of carbonyl (C=O) groups excluding carboxylic acids is 1. The van der Waals surface area contributed by atoms with Crippen LogP contribution in [0.15, 0.2) is 60.8 Å². The van der Waals surface area contributed by atoms with Crippen molar-refractivity contribution in [1.29, 1.82) is 0 Å². The van der Waals surface area contributed by atoms with Gasteiger partial charge in [0.05, 0.1) is 0 Å². The summed E-state index contributed by atoms with van der Waals surface area (Å²) in [6.07, 6.45) is 1.99. The van der Waals surface area contributed by atoms with Crippen molar-refractivity contribution in [1.82, 2.24) is 15.3 Å². The summed E-state index contributed by atoms with van der Waals surface area (Å²) in [4.78, 5) is 23.2. The number of halogens is 1. The van der Waals surface area contributed by atoms with Crippen molar-refractivity contribution >= 4 is 17.5 Å². The van der Waals surface area contributed by atoms with Crippen molar-refractivity contribution in [2.45, 2.75) is 20.3 Å². The molecule has 0 bridgehead atoms. The third-order valence-electron chi connectivity index (χ3n) is 4.38. The van der Waals surface area contributed by atoms with E-state index in [0.29, 0.717) is 31.0 Å². The Balaban J connectivity index is 1.69. The van der Waals surface area contributed by atoms with E-state index in [1.807, 2.05) is 43.0 Å². The van der Waals surface area contributed by atoms with Gasteiger partial charge in [0.1, 0.15) is 11.5 Å². The predicted molar refractivity (Wildman–Crippen MR) is 108 cm³/mol. The molecule has 0 atom stereocenters. The minimum Gasteiger partial charge on any atom is -0.350 e. The van der Waals surface area contributed by atoms with Gasteiger partial charge in [-0.3, -0.25) is 4.79 Å². The second-order valence-corrected chi connectivity index (χ2v) is 6.42. The lowest BCUT2D eigenvalue weighted by atomic mass is 10.1. The quantitative estimate of drug-likeness (QED) is 0.674. The number of aryl methyl sites for hydroxylation is 1. The number of anilines is 2. The maximum absolute atomic E-state index is 13.7. The summed E-state index contributed by atoms with van der Waals surface area (Å²) < 4.78 is 13.7. The maximum atomic E-state index is 13.7. The first kappa shape index (κ1) is 19.5. The molecule has 5 nitrogen and oxygen atoms in total. The molecule has 1 amide bonds. The lowest BCUT2D eigenvalue weighted by molar-refractivity contribution is 0.0949. The van der Waals surface area contributed by atoms with Gasteiger partial charge in [0, 0.05) is 25.0 Å². The van der Waals surface area contributed by atoms with Gasteiger partial charge < -0.3 is 10.2 Å². The number of benzene rings is 2. The Morgan fingerprint density at radius 2 is 1.96 bits per heavy atom. The minimum absolute atomic E-state index is 0.266. The van der Waals surface area contributed by atoms with Crippen LogP contribution in [0.2, 0.25) is 0 Å². The highest BCUT2D eigenvalue weighted by Gasteiger charge is 2.14. The monoisotopic (exact) mass is 378 g/mol. The van der Waals surface area contributed by atoms with Gasteiger partial charge in [0.25, 0.3) is 5.91 Å². The van der Waals surface area contributed by atoms with Crippen LogP contribution in [0.5, 0.6) is 0 Å². The van der Waals surface area contributed by atoms with Crippen LogP contribution in [-0.4, -0.2) is 29.0 Å². The molecule has 0 spiro atoms. The predicted octanol–water partition coefficient (Wildman–Crippen LogP) is 4.05. The van der Waals surface area contributed by atoms with E-state index in [2.05, 4.69) is 15.3 Å². The van der Waals surface area contributed by atoms with Gasteiger partial charge >= 0.3 is 0 Å². The highest BCUT2D eigenvalue weighted by molar-refractivity contribution is 5.92. The Morgan fingerprint density at radius 1 is 1.14 bits per heavy atom. The van der Waals surface area contributed by atoms with E-state index in [1.165, 1.54) is 6.07 Å². The fraction of sp³-hybridized carbons (Fsp3) is 0.227. The molecule has 0 saturated heterocycles. The summed E-state index contributed by atoms with van der Waals surface area (Å²) in [5.74, 6) is -0.104. The number of nitrogens with zero attached hydrogens (tertiary/aromatic N) is 3. The smallest absolute Gasteiger partial charge is 0.270 e. The highest BCUT2D eigenvalue weighted by atomic mass is 19.1. The number of aromatic nitrogens is 2. The number of amides is 1. The summed E-state index contributed by atoms with van der Waals surface area (Å²) in [7, 11) is 0. The van der Waals surface area contributed by atoms with Crippen molar-refractivity contribution in [3.8, 4) is 0 Å². The molecular weight excluding hydrogens is 355 g/mol. The Labute approximate surface area is 164 Å². The van der Waals surface area contributed by atoms with Crippen LogP contribution in [0.1, 0.15) is 28.5 Å². The molecule has 28 heavy (non-hydrogen) atoms. The molecule has 0 fully saturated rings. The topological polar surface area (TPSA) is 58.1 Å². The van der Waals surface area contributed by atoms with Crippen molar-refractivity contribution in [2.24, 2.45) is 0 Å². The average molecular weight is 378 g/mol. The second kappa shape index (κ2) is 9.08. The van der Waals surface area contributed by atoms with Crippen LogP contribution in [0, 0.1) is 12.7 Å². The van der Waals surface area contributed by atoms with E-state index in [0.717, 1.165) is 11.3 Å². The van der Waals surface area contributed by atoms with Gasteiger partial charge in [0.15, 0.2) is 0 Å². The summed E-state index contributed by atoms with van der Waals surface area (Å²) in [5, 5.41) is 2.79. The summed E-state index contributed by atoms with van der Waals surface area (Å²) in [6, 6.07) is 16.2. The summed E-state index contributed by atoms with van der Waals surface area (Å²) in [6.45, 7) is 5.03. The number of nitrogens with one attached hydrogen (secondary N) is 1. The van der Waals surface area contributed by atoms with Crippen molar-refractivity contribution in [3.63, 3.8) is 0 Å². The van der Waals surface area contributed by atoms with Crippen LogP contribution < -0.4 is 10.2 Å². The van der Waals surface area contributed by atoms with E-state index in [9.17, 15) is 9.18 Å². The first-order valence-corrected chi connectivity index (χ1v) is 9.27. The molecule has 6 heteroatoms. The Kier molecular flexibility index (Phi) is 6.32. The third kappa shape index (κ3) is 4.71. The van der Waals surface area contributed by atoms with E-state index in [4.69, 9.17) is 0 Å². The van der Waals surface area contributed by atoms with Gasteiger partial charge in [-0.2, -0.15) is 0 Å². The third-order valence-corrected chi connectivity index (χ3v) is 4.38. The Hall–Kier alpha value is -3.28. The van der Waals surface area contributed by atoms with Crippen LogP contribution in [-0.2, 0) is 6.42 Å². The minimum atomic E-state index is -0.305. The van der Waals surface area contributed by atoms with Crippen LogP contribution in [0.3, 0.4) is 0 Å². The molecule has 2 aromatic carbocycles. The summed E-state index contributed by atoms with van der Waals surface area (Å²) >= 11 is 0. The van der Waals surface area contributed by atoms with Crippen molar-refractivity contribution in [2.75, 3.05) is 18.0 Å². The van der Waals surface area contributed by atoms with E-state index in [1.54, 1.807) is 30.5 Å². The molecule has 144 valence electrons. The van der Waals surface area contributed by atoms with Gasteiger partial charge in [-0.25, -0.2) is 14.4 Å². The molecule has 1 heterocycles. The number of rotatable bonds is 7. The molecule has 0 aliphatic heterocycles. The number of carbonyl (C=O) groups is 1. The van der Waals surface area contributed by atoms with Crippen LogP contribution in [0.25, 0.3) is 0 Å². The van der Waals surface area contributed by atoms with Crippen molar-refractivity contribution in [3.05, 3.63) is 83.4 Å². The fourth-order valence-electron chi connectivity index (χ4n) is 2.94. The van der Waals surface area contributed by atoms with Gasteiger partial charge in [-0.15, -0.1) is 0 Å². The molecule has 0 aliphatic carbocycles. The van der Waals surface area contributed by atoms with E-state index >= 15 is 0 Å². The Morgan fingerprint density at radius 3 is 2.71 bits per heavy atom. The highest BCUT2D eigenvalue weighted by Crippen LogP contribution is 2.22. The number of hydrogen-bond donors (Lipinski definition) is 1. The molecule has 3 aromatic rings. The van der Waals surface area contributed by atoms with Gasteiger partial charge in [-0.1, -0.05) is 30.3 Å². The lowest BCUT2D eigenvalue weighted by Crippen LogP contribution is -2.28. The molecule has 0 unspecified atom stereocenters. The first-order chi connectivity index (χ1) is 13.6. The van der Waals surface area contributed by atoms with Gasteiger partial charge in [-0.05, 0) is 55.7 Å². The number of hydrogen-bond acceptors (Lipinski definition) is 4. The fourth-order valence-corrected chi connectivity index (χ4v) is 2.94. The average Bonchev–Trinajstić information content (AvgIpc) is 2.70. The Bertz CT molecular complexity index is 961. The molecule has 1 aromatic heterocycles. The maximum Gasteiger partial charge on any atom is 0.270 e. The summed E-state index contributed by atoms with van der Waals surface area (Å²) in [5.41, 5.74) is 2.96. The molecular formula is C22H23FN4O. The standard InChI is InChI=1S/C22H23FN4O/c1-3-27(18-9-6-7-16(2)15-18)22-25-14-12-20(26-22)21(28)24-13-11-17-8-4-5-10-19(17)23/h4-10,12,14-15H,3,11,13H2,1-2H3,(H,24,28). The molecule has 0 aliphatic rings. The zero-order chi connectivity index (χ0) is 19.9. The van der Waals surface area contributed by atoms with E-state index in [-0.39, 0.29) is 17.4 Å². The van der Waals surface area contributed by atoms with Crippen molar-refractivity contribution < 1.29 is 9.18 Å². The lowest BCUT2D eigenvalue weighted by Gasteiger charge is -2.21. The zero-order valence-electron chi connectivity index (χ0n) is 16.0. The SMILES string of the molecule is CCN(c1cccc(C)c1)c1nccc(C(=O)NCCc2ccccc2F)n1. The largest absolute Gasteiger partial charge is 0.350 e. The second-order valence-electron chi connectivity index (χ2n) is 6.42. The molecule has 1 N–H and O–H groups in total. The normalized spacial score (nSPS) is 10.5. The molecule has 0 radical (unpaired) electrons. The van der Waals surface area contributed by atoms with E-state index < -0.39 is 0 Å².